The van der Waals surface area contributed by atoms with Crippen LogP contribution < -0.4 is 10.9 Å². The van der Waals surface area contributed by atoms with E-state index in [1.165, 1.54) is 4.68 Å². The summed E-state index contributed by atoms with van der Waals surface area (Å²) in [6.45, 7) is 0.0301. The van der Waals surface area contributed by atoms with Gasteiger partial charge in [0, 0.05) is 24.8 Å². The summed E-state index contributed by atoms with van der Waals surface area (Å²) < 4.78 is 1.20. The zero-order valence-corrected chi connectivity index (χ0v) is 14.4. The van der Waals surface area contributed by atoms with Gasteiger partial charge in [-0.3, -0.25) is 9.59 Å². The van der Waals surface area contributed by atoms with Gasteiger partial charge in [0.2, 0.25) is 0 Å². The van der Waals surface area contributed by atoms with Crippen molar-refractivity contribution < 1.29 is 9.90 Å². The Morgan fingerprint density at radius 2 is 2.17 bits per heavy atom. The maximum atomic E-state index is 12.9. The first kappa shape index (κ1) is 17.0. The maximum Gasteiger partial charge on any atom is 0.274 e. The van der Waals surface area contributed by atoms with Gasteiger partial charge >= 0.3 is 0 Å². The summed E-state index contributed by atoms with van der Waals surface area (Å²) in [5.41, 5.74) is -0.382. The number of nitrogens with one attached hydrogen (secondary N) is 1. The number of aliphatic hydroxyl groups excluding tert-OH is 1. The molecule has 2 N–H and O–H groups in total. The van der Waals surface area contributed by atoms with Crippen LogP contribution in [0, 0.1) is 0 Å². The molecule has 1 fully saturated rings. The van der Waals surface area contributed by atoms with Crippen molar-refractivity contribution in [2.24, 2.45) is 7.05 Å². The SMILES string of the molecule is Cn1nc(C(=O)NC2(CCO)CCCSC2)c2ccccc2c1=O. The van der Waals surface area contributed by atoms with Gasteiger partial charge in [0.25, 0.3) is 11.5 Å². The van der Waals surface area contributed by atoms with E-state index in [1.807, 2.05) is 0 Å². The normalized spacial score (nSPS) is 20.9. The molecule has 1 unspecified atom stereocenters. The molecule has 2 heterocycles. The predicted molar refractivity (Wildman–Crippen MR) is 95.4 cm³/mol. The summed E-state index contributed by atoms with van der Waals surface area (Å²) in [7, 11) is 1.55. The molecule has 1 aromatic heterocycles. The van der Waals surface area contributed by atoms with Crippen LogP contribution in [0.3, 0.4) is 0 Å². The third kappa shape index (κ3) is 3.18. The lowest BCUT2D eigenvalue weighted by molar-refractivity contribution is 0.0878. The number of aromatic nitrogens is 2. The average Bonchev–Trinajstić information content (AvgIpc) is 2.59. The molecular weight excluding hydrogens is 326 g/mol. The minimum absolute atomic E-state index is 0.0301. The zero-order chi connectivity index (χ0) is 17.2. The molecule has 1 aliphatic heterocycles. The van der Waals surface area contributed by atoms with Gasteiger partial charge in [-0.25, -0.2) is 4.68 Å². The molecule has 6 nitrogen and oxygen atoms in total. The highest BCUT2D eigenvalue weighted by Gasteiger charge is 2.34. The number of hydrogen-bond donors (Lipinski definition) is 2. The highest BCUT2D eigenvalue weighted by molar-refractivity contribution is 7.99. The van der Waals surface area contributed by atoms with E-state index >= 15 is 0 Å². The Morgan fingerprint density at radius 1 is 1.42 bits per heavy atom. The second kappa shape index (κ2) is 6.94. The number of benzene rings is 1. The van der Waals surface area contributed by atoms with Crippen LogP contribution in [-0.2, 0) is 7.05 Å². The number of aryl methyl sites for hydroxylation is 1. The van der Waals surface area contributed by atoms with E-state index in [-0.39, 0.29) is 23.8 Å². The van der Waals surface area contributed by atoms with Crippen molar-refractivity contribution in [2.75, 3.05) is 18.1 Å². The summed E-state index contributed by atoms with van der Waals surface area (Å²) in [5, 5.41) is 17.7. The average molecular weight is 347 g/mol. The van der Waals surface area contributed by atoms with Gasteiger partial charge in [-0.1, -0.05) is 18.2 Å². The van der Waals surface area contributed by atoms with Crippen LogP contribution in [0.1, 0.15) is 29.8 Å². The van der Waals surface area contributed by atoms with Crippen LogP contribution in [0.25, 0.3) is 10.8 Å². The number of carbonyl (C=O) groups is 1. The van der Waals surface area contributed by atoms with Crippen molar-refractivity contribution in [3.63, 3.8) is 0 Å². The summed E-state index contributed by atoms with van der Waals surface area (Å²) in [4.78, 5) is 25.1. The molecule has 2 aromatic rings. The van der Waals surface area contributed by atoms with Crippen LogP contribution in [0.5, 0.6) is 0 Å². The van der Waals surface area contributed by atoms with E-state index in [2.05, 4.69) is 10.4 Å². The van der Waals surface area contributed by atoms with E-state index in [9.17, 15) is 14.7 Å². The number of fused-ring (bicyclic) bond motifs is 1. The van der Waals surface area contributed by atoms with E-state index in [0.717, 1.165) is 24.3 Å². The van der Waals surface area contributed by atoms with Crippen LogP contribution in [0.15, 0.2) is 29.1 Å². The quantitative estimate of drug-likeness (QED) is 0.871. The molecule has 1 aliphatic rings. The molecule has 0 bridgehead atoms. The van der Waals surface area contributed by atoms with Crippen molar-refractivity contribution in [1.29, 1.82) is 0 Å². The Balaban J connectivity index is 1.99. The molecule has 0 saturated carbocycles. The van der Waals surface area contributed by atoms with Gasteiger partial charge in [-0.2, -0.15) is 16.9 Å². The summed E-state index contributed by atoms with van der Waals surface area (Å²) in [5.74, 6) is 1.56. The largest absolute Gasteiger partial charge is 0.396 e. The minimum atomic E-state index is -0.410. The molecule has 1 amide bonds. The molecular formula is C17H21N3O3S. The van der Waals surface area contributed by atoms with Gasteiger partial charge in [0.05, 0.1) is 10.9 Å². The number of rotatable bonds is 4. The fourth-order valence-corrected chi connectivity index (χ4v) is 4.44. The molecule has 128 valence electrons. The minimum Gasteiger partial charge on any atom is -0.396 e. The summed E-state index contributed by atoms with van der Waals surface area (Å²) in [6, 6.07) is 7.01. The number of nitrogens with zero attached hydrogens (tertiary/aromatic N) is 2. The van der Waals surface area contributed by atoms with Crippen LogP contribution in [0.2, 0.25) is 0 Å². The molecule has 3 rings (SSSR count). The Morgan fingerprint density at radius 3 is 2.83 bits per heavy atom. The second-order valence-corrected chi connectivity index (χ2v) is 7.29. The summed E-state index contributed by atoms with van der Waals surface area (Å²) in [6.07, 6.45) is 2.37. The number of aliphatic hydroxyl groups is 1. The van der Waals surface area contributed by atoms with E-state index in [1.54, 1.807) is 43.1 Å². The first-order valence-corrected chi connectivity index (χ1v) is 9.19. The lowest BCUT2D eigenvalue weighted by atomic mass is 9.91. The van der Waals surface area contributed by atoms with E-state index in [0.29, 0.717) is 17.2 Å². The van der Waals surface area contributed by atoms with Crippen molar-refractivity contribution >= 4 is 28.4 Å². The third-order valence-corrected chi connectivity index (χ3v) is 5.80. The lowest BCUT2D eigenvalue weighted by Gasteiger charge is -2.37. The Hall–Kier alpha value is -1.86. The van der Waals surface area contributed by atoms with Crippen LogP contribution >= 0.6 is 11.8 Å². The first-order chi connectivity index (χ1) is 11.6. The number of amides is 1. The van der Waals surface area contributed by atoms with Gasteiger partial charge in [-0.05, 0) is 31.1 Å². The predicted octanol–water partition coefficient (Wildman–Crippen LogP) is 1.31. The highest BCUT2D eigenvalue weighted by Crippen LogP contribution is 2.30. The maximum absolute atomic E-state index is 12.9. The monoisotopic (exact) mass is 347 g/mol. The lowest BCUT2D eigenvalue weighted by Crippen LogP contribution is -2.53. The van der Waals surface area contributed by atoms with Gasteiger partial charge in [0.1, 0.15) is 0 Å². The fraction of sp³-hybridized carbons (Fsp3) is 0.471. The van der Waals surface area contributed by atoms with Crippen LogP contribution in [0.4, 0.5) is 0 Å². The van der Waals surface area contributed by atoms with Crippen molar-refractivity contribution in [3.8, 4) is 0 Å². The molecule has 1 saturated heterocycles. The van der Waals surface area contributed by atoms with Gasteiger partial charge in [0.15, 0.2) is 5.69 Å². The van der Waals surface area contributed by atoms with Crippen molar-refractivity contribution in [3.05, 3.63) is 40.3 Å². The molecule has 1 aromatic carbocycles. The highest BCUT2D eigenvalue weighted by atomic mass is 32.2. The molecule has 0 aliphatic carbocycles. The first-order valence-electron chi connectivity index (χ1n) is 8.03. The molecule has 1 atom stereocenters. The summed E-state index contributed by atoms with van der Waals surface area (Å²) >= 11 is 1.79. The Labute approximate surface area is 144 Å². The number of thioether (sulfide) groups is 1. The fourth-order valence-electron chi connectivity index (χ4n) is 3.19. The number of carbonyl (C=O) groups excluding carboxylic acids is 1. The Kier molecular flexibility index (Phi) is 4.91. The van der Waals surface area contributed by atoms with Gasteiger partial charge < -0.3 is 10.4 Å². The standard InChI is InChI=1S/C17H21N3O3S/c1-20-16(23)13-6-3-2-5-12(13)14(19-20)15(22)18-17(8-9-21)7-4-10-24-11-17/h2-3,5-6,21H,4,7-11H2,1H3,(H,18,22). The van der Waals surface area contributed by atoms with Crippen LogP contribution in [-0.4, -0.2) is 44.4 Å². The zero-order valence-electron chi connectivity index (χ0n) is 13.6. The molecule has 0 spiro atoms. The topological polar surface area (TPSA) is 84.2 Å². The van der Waals surface area contributed by atoms with E-state index < -0.39 is 5.54 Å². The smallest absolute Gasteiger partial charge is 0.274 e. The molecule has 0 radical (unpaired) electrons. The Bertz CT molecular complexity index is 807. The second-order valence-electron chi connectivity index (χ2n) is 6.19. The number of hydrogen-bond acceptors (Lipinski definition) is 5. The molecule has 7 heteroatoms. The van der Waals surface area contributed by atoms with Gasteiger partial charge in [-0.15, -0.1) is 0 Å². The molecule has 24 heavy (non-hydrogen) atoms. The third-order valence-electron chi connectivity index (χ3n) is 4.46. The van der Waals surface area contributed by atoms with Crippen molar-refractivity contribution in [2.45, 2.75) is 24.8 Å². The van der Waals surface area contributed by atoms with Crippen molar-refractivity contribution in [1.82, 2.24) is 15.1 Å². The van der Waals surface area contributed by atoms with E-state index in [4.69, 9.17) is 0 Å².